The molecule has 0 saturated carbocycles. The van der Waals surface area contributed by atoms with Crippen molar-refractivity contribution in [2.75, 3.05) is 39.4 Å². The minimum atomic E-state index is 0.843. The molecule has 15 heavy (non-hydrogen) atoms. The van der Waals surface area contributed by atoms with E-state index in [1.807, 2.05) is 0 Å². The predicted octanol–water partition coefficient (Wildman–Crippen LogP) is 1.47. The standard InChI is InChI=1S/C12H26N2O/c1-2-15-10-4-9-14-8-3-5-12(11-14)6-7-13/h12H,2-11,13H2,1H3. The van der Waals surface area contributed by atoms with Crippen molar-refractivity contribution in [3.63, 3.8) is 0 Å². The number of likely N-dealkylation sites (tertiary alicyclic amines) is 1. The predicted molar refractivity (Wildman–Crippen MR) is 63.9 cm³/mol. The highest BCUT2D eigenvalue weighted by molar-refractivity contribution is 4.73. The van der Waals surface area contributed by atoms with Gasteiger partial charge in [0.1, 0.15) is 0 Å². The van der Waals surface area contributed by atoms with Gasteiger partial charge in [-0.1, -0.05) is 0 Å². The van der Waals surface area contributed by atoms with Gasteiger partial charge < -0.3 is 15.4 Å². The van der Waals surface area contributed by atoms with E-state index in [-0.39, 0.29) is 0 Å². The first-order valence-corrected chi connectivity index (χ1v) is 6.37. The Hall–Kier alpha value is -0.120. The number of nitrogens with zero attached hydrogens (tertiary/aromatic N) is 1. The summed E-state index contributed by atoms with van der Waals surface area (Å²) in [6.45, 7) is 8.37. The number of rotatable bonds is 7. The zero-order valence-corrected chi connectivity index (χ0v) is 10.1. The Balaban J connectivity index is 2.07. The van der Waals surface area contributed by atoms with Gasteiger partial charge >= 0.3 is 0 Å². The first kappa shape index (κ1) is 12.9. The van der Waals surface area contributed by atoms with Gasteiger partial charge in [-0.3, -0.25) is 0 Å². The summed E-state index contributed by atoms with van der Waals surface area (Å²) < 4.78 is 5.35. The number of piperidine rings is 1. The SMILES string of the molecule is CCOCCCN1CCCC(CCN)C1. The summed E-state index contributed by atoms with van der Waals surface area (Å²) in [5.74, 6) is 0.843. The van der Waals surface area contributed by atoms with Crippen LogP contribution in [0.2, 0.25) is 0 Å². The Bertz CT molecular complexity index is 151. The van der Waals surface area contributed by atoms with Crippen molar-refractivity contribution in [2.45, 2.75) is 32.6 Å². The molecule has 0 aromatic carbocycles. The molecule has 0 bridgehead atoms. The van der Waals surface area contributed by atoms with Gasteiger partial charge in [0, 0.05) is 26.3 Å². The van der Waals surface area contributed by atoms with Gasteiger partial charge in [-0.25, -0.2) is 0 Å². The third-order valence-electron chi connectivity index (χ3n) is 3.15. The molecule has 0 radical (unpaired) electrons. The fourth-order valence-electron chi connectivity index (χ4n) is 2.36. The van der Waals surface area contributed by atoms with Crippen LogP contribution in [0.5, 0.6) is 0 Å². The lowest BCUT2D eigenvalue weighted by atomic mass is 9.95. The lowest BCUT2D eigenvalue weighted by molar-refractivity contribution is 0.116. The number of ether oxygens (including phenoxy) is 1. The largest absolute Gasteiger partial charge is 0.382 e. The first-order valence-electron chi connectivity index (χ1n) is 6.37. The number of hydrogen-bond donors (Lipinski definition) is 1. The minimum absolute atomic E-state index is 0.843. The van der Waals surface area contributed by atoms with E-state index in [0.717, 1.165) is 25.7 Å². The van der Waals surface area contributed by atoms with Gasteiger partial charge in [0.15, 0.2) is 0 Å². The molecule has 0 aliphatic carbocycles. The maximum atomic E-state index is 5.61. The average Bonchev–Trinajstić information content (AvgIpc) is 2.26. The van der Waals surface area contributed by atoms with Crippen LogP contribution >= 0.6 is 0 Å². The van der Waals surface area contributed by atoms with Gasteiger partial charge in [-0.05, 0) is 51.6 Å². The van der Waals surface area contributed by atoms with E-state index in [9.17, 15) is 0 Å². The van der Waals surface area contributed by atoms with Crippen molar-refractivity contribution in [3.8, 4) is 0 Å². The van der Waals surface area contributed by atoms with Gasteiger partial charge in [0.2, 0.25) is 0 Å². The maximum absolute atomic E-state index is 5.61. The van der Waals surface area contributed by atoms with Crippen LogP contribution in [-0.4, -0.2) is 44.3 Å². The van der Waals surface area contributed by atoms with E-state index in [1.165, 1.54) is 45.3 Å². The van der Waals surface area contributed by atoms with Crippen molar-refractivity contribution in [1.82, 2.24) is 4.90 Å². The van der Waals surface area contributed by atoms with Crippen LogP contribution in [0.1, 0.15) is 32.6 Å². The molecule has 1 saturated heterocycles. The quantitative estimate of drug-likeness (QED) is 0.652. The second kappa shape index (κ2) is 8.08. The van der Waals surface area contributed by atoms with Crippen molar-refractivity contribution < 1.29 is 4.74 Å². The summed E-state index contributed by atoms with van der Waals surface area (Å²) in [5.41, 5.74) is 5.61. The lowest BCUT2D eigenvalue weighted by Crippen LogP contribution is -2.37. The van der Waals surface area contributed by atoms with Crippen LogP contribution in [0, 0.1) is 5.92 Å². The number of hydrogen-bond acceptors (Lipinski definition) is 3. The highest BCUT2D eigenvalue weighted by Gasteiger charge is 2.18. The molecular weight excluding hydrogens is 188 g/mol. The normalized spacial score (nSPS) is 23.2. The van der Waals surface area contributed by atoms with E-state index in [0.29, 0.717) is 0 Å². The van der Waals surface area contributed by atoms with Crippen molar-refractivity contribution in [1.29, 1.82) is 0 Å². The Morgan fingerprint density at radius 3 is 3.07 bits per heavy atom. The molecule has 1 unspecified atom stereocenters. The Morgan fingerprint density at radius 1 is 1.47 bits per heavy atom. The zero-order chi connectivity index (χ0) is 10.9. The summed E-state index contributed by atoms with van der Waals surface area (Å²) in [4.78, 5) is 2.57. The van der Waals surface area contributed by atoms with E-state index in [1.54, 1.807) is 0 Å². The van der Waals surface area contributed by atoms with Gasteiger partial charge in [-0.15, -0.1) is 0 Å². The molecule has 2 N–H and O–H groups in total. The van der Waals surface area contributed by atoms with Crippen molar-refractivity contribution in [3.05, 3.63) is 0 Å². The molecule has 1 aliphatic rings. The molecule has 3 nitrogen and oxygen atoms in total. The molecule has 1 heterocycles. The third kappa shape index (κ3) is 5.50. The van der Waals surface area contributed by atoms with Gasteiger partial charge in [-0.2, -0.15) is 0 Å². The Kier molecular flexibility index (Phi) is 6.98. The van der Waals surface area contributed by atoms with Crippen LogP contribution in [0.25, 0.3) is 0 Å². The van der Waals surface area contributed by atoms with Crippen LogP contribution in [0.15, 0.2) is 0 Å². The van der Waals surface area contributed by atoms with Crippen LogP contribution in [0.3, 0.4) is 0 Å². The van der Waals surface area contributed by atoms with E-state index in [2.05, 4.69) is 11.8 Å². The first-order chi connectivity index (χ1) is 7.36. The second-order valence-electron chi connectivity index (χ2n) is 4.44. The Labute approximate surface area is 94.0 Å². The van der Waals surface area contributed by atoms with E-state index < -0.39 is 0 Å². The summed E-state index contributed by atoms with van der Waals surface area (Å²) >= 11 is 0. The fourth-order valence-corrected chi connectivity index (χ4v) is 2.36. The van der Waals surface area contributed by atoms with E-state index >= 15 is 0 Å². The average molecular weight is 214 g/mol. The molecule has 1 aliphatic heterocycles. The molecule has 1 atom stereocenters. The molecule has 1 rings (SSSR count). The second-order valence-corrected chi connectivity index (χ2v) is 4.44. The van der Waals surface area contributed by atoms with E-state index in [4.69, 9.17) is 10.5 Å². The highest BCUT2D eigenvalue weighted by Crippen LogP contribution is 2.18. The van der Waals surface area contributed by atoms with Crippen molar-refractivity contribution >= 4 is 0 Å². The third-order valence-corrected chi connectivity index (χ3v) is 3.15. The molecule has 0 aromatic rings. The van der Waals surface area contributed by atoms with Crippen LogP contribution in [-0.2, 0) is 4.74 Å². The zero-order valence-electron chi connectivity index (χ0n) is 10.1. The molecule has 3 heteroatoms. The molecular formula is C12H26N2O. The molecule has 0 amide bonds. The number of nitrogens with two attached hydrogens (primary N) is 1. The molecule has 90 valence electrons. The topological polar surface area (TPSA) is 38.5 Å². The lowest BCUT2D eigenvalue weighted by Gasteiger charge is -2.32. The monoisotopic (exact) mass is 214 g/mol. The summed E-state index contributed by atoms with van der Waals surface area (Å²) in [6.07, 6.45) is 5.09. The summed E-state index contributed by atoms with van der Waals surface area (Å²) in [6, 6.07) is 0. The van der Waals surface area contributed by atoms with Crippen LogP contribution < -0.4 is 5.73 Å². The summed E-state index contributed by atoms with van der Waals surface area (Å²) in [7, 11) is 0. The smallest absolute Gasteiger partial charge is 0.0478 e. The highest BCUT2D eigenvalue weighted by atomic mass is 16.5. The minimum Gasteiger partial charge on any atom is -0.382 e. The Morgan fingerprint density at radius 2 is 2.33 bits per heavy atom. The molecule has 0 aromatic heterocycles. The van der Waals surface area contributed by atoms with Gasteiger partial charge in [0.05, 0.1) is 0 Å². The van der Waals surface area contributed by atoms with Gasteiger partial charge in [0.25, 0.3) is 0 Å². The molecule has 0 spiro atoms. The molecule has 1 fully saturated rings. The summed E-state index contributed by atoms with van der Waals surface area (Å²) in [5, 5.41) is 0. The fraction of sp³-hybridized carbons (Fsp3) is 1.00. The maximum Gasteiger partial charge on any atom is 0.0478 e. The van der Waals surface area contributed by atoms with Crippen molar-refractivity contribution in [2.24, 2.45) is 11.7 Å². The van der Waals surface area contributed by atoms with Crippen LogP contribution in [0.4, 0.5) is 0 Å².